The molecule has 1 amide bonds. The average molecular weight is 339 g/mol. The van der Waals surface area contributed by atoms with Gasteiger partial charge in [-0.3, -0.25) is 4.79 Å². The molecule has 25 heavy (non-hydrogen) atoms. The van der Waals surface area contributed by atoms with Gasteiger partial charge in [0.2, 0.25) is 5.91 Å². The molecule has 2 N–H and O–H groups in total. The average Bonchev–Trinajstić information content (AvgIpc) is 2.62. The first-order valence-corrected chi connectivity index (χ1v) is 8.85. The van der Waals surface area contributed by atoms with Crippen LogP contribution in [0.15, 0.2) is 48.5 Å². The highest BCUT2D eigenvalue weighted by Gasteiger charge is 2.32. The van der Waals surface area contributed by atoms with Gasteiger partial charge in [-0.15, -0.1) is 0 Å². The second kappa shape index (κ2) is 7.70. The minimum atomic E-state index is -0.858. The van der Waals surface area contributed by atoms with Gasteiger partial charge in [0, 0.05) is 13.0 Å². The van der Waals surface area contributed by atoms with E-state index in [-0.39, 0.29) is 12.5 Å². The zero-order valence-corrected chi connectivity index (χ0v) is 14.6. The molecule has 0 aromatic heterocycles. The van der Waals surface area contributed by atoms with Crippen molar-refractivity contribution in [3.63, 3.8) is 0 Å². The van der Waals surface area contributed by atoms with Crippen LogP contribution in [0.3, 0.4) is 0 Å². The van der Waals surface area contributed by atoms with Crippen LogP contribution in [0.1, 0.15) is 30.0 Å². The summed E-state index contributed by atoms with van der Waals surface area (Å²) in [6.45, 7) is 2.86. The summed E-state index contributed by atoms with van der Waals surface area (Å²) in [6.07, 6.45) is 2.42. The number of aliphatic hydroxyl groups is 1. The summed E-state index contributed by atoms with van der Waals surface area (Å²) in [5, 5.41) is 13.7. The number of aryl methyl sites for hydroxylation is 1. The molecule has 3 rings (SSSR count). The number of carbonyl (C=O) groups excluding carboxylic acids is 1. The van der Waals surface area contributed by atoms with E-state index in [1.807, 2.05) is 43.3 Å². The molecule has 0 radical (unpaired) electrons. The van der Waals surface area contributed by atoms with Crippen LogP contribution in [0.2, 0.25) is 0 Å². The Bertz CT molecular complexity index is 726. The molecular weight excluding hydrogens is 314 g/mol. The van der Waals surface area contributed by atoms with Gasteiger partial charge < -0.3 is 15.2 Å². The smallest absolute Gasteiger partial charge is 0.224 e. The lowest BCUT2D eigenvalue weighted by Gasteiger charge is -2.33. The zero-order valence-electron chi connectivity index (χ0n) is 14.6. The predicted octanol–water partition coefficient (Wildman–Crippen LogP) is 2.66. The molecule has 132 valence electrons. The molecule has 1 aliphatic carbocycles. The fourth-order valence-electron chi connectivity index (χ4n) is 3.32. The third kappa shape index (κ3) is 4.60. The van der Waals surface area contributed by atoms with E-state index in [2.05, 4.69) is 17.4 Å². The van der Waals surface area contributed by atoms with E-state index in [0.29, 0.717) is 25.9 Å². The molecule has 0 fully saturated rings. The predicted molar refractivity (Wildman–Crippen MR) is 97.7 cm³/mol. The molecule has 0 aliphatic heterocycles. The summed E-state index contributed by atoms with van der Waals surface area (Å²) in [5.74, 6) is 0.735. The number of benzene rings is 2. The van der Waals surface area contributed by atoms with Crippen molar-refractivity contribution in [2.75, 3.05) is 13.2 Å². The number of hydrogen-bond acceptors (Lipinski definition) is 3. The topological polar surface area (TPSA) is 58.6 Å². The zero-order chi connectivity index (χ0) is 17.7. The Morgan fingerprint density at radius 3 is 2.60 bits per heavy atom. The first kappa shape index (κ1) is 17.5. The molecule has 2 aromatic carbocycles. The molecule has 4 heteroatoms. The van der Waals surface area contributed by atoms with E-state index >= 15 is 0 Å². The molecule has 0 saturated carbocycles. The Morgan fingerprint density at radius 2 is 1.88 bits per heavy atom. The number of amides is 1. The van der Waals surface area contributed by atoms with Gasteiger partial charge in [-0.1, -0.05) is 36.4 Å². The number of hydrogen-bond donors (Lipinski definition) is 2. The Morgan fingerprint density at radius 1 is 1.16 bits per heavy atom. The van der Waals surface area contributed by atoms with Crippen LogP contribution in [0.5, 0.6) is 5.75 Å². The van der Waals surface area contributed by atoms with E-state index in [9.17, 15) is 9.90 Å². The first-order chi connectivity index (χ1) is 12.1. The van der Waals surface area contributed by atoms with Crippen molar-refractivity contribution >= 4 is 5.91 Å². The van der Waals surface area contributed by atoms with Gasteiger partial charge in [0.05, 0.1) is 18.6 Å². The SMILES string of the molecule is CCOc1ccc(CC(=O)NC[C@]2(O)CCc3ccccc3C2)cc1. The van der Waals surface area contributed by atoms with Crippen molar-refractivity contribution in [1.82, 2.24) is 5.32 Å². The van der Waals surface area contributed by atoms with E-state index in [1.54, 1.807) is 0 Å². The summed E-state index contributed by atoms with van der Waals surface area (Å²) >= 11 is 0. The van der Waals surface area contributed by atoms with Crippen molar-refractivity contribution in [2.45, 2.75) is 38.2 Å². The molecule has 0 unspecified atom stereocenters. The van der Waals surface area contributed by atoms with Crippen LogP contribution >= 0.6 is 0 Å². The maximum atomic E-state index is 12.2. The fourth-order valence-corrected chi connectivity index (χ4v) is 3.32. The molecule has 2 aromatic rings. The van der Waals surface area contributed by atoms with E-state index in [4.69, 9.17) is 4.74 Å². The number of carbonyl (C=O) groups is 1. The van der Waals surface area contributed by atoms with Crippen LogP contribution in [-0.2, 0) is 24.1 Å². The molecule has 0 bridgehead atoms. The van der Waals surface area contributed by atoms with Crippen molar-refractivity contribution in [1.29, 1.82) is 0 Å². The Hall–Kier alpha value is -2.33. The number of rotatable bonds is 6. The Kier molecular flexibility index (Phi) is 5.39. The third-order valence-corrected chi connectivity index (χ3v) is 4.71. The van der Waals surface area contributed by atoms with Crippen LogP contribution in [-0.4, -0.2) is 29.8 Å². The highest BCUT2D eigenvalue weighted by Crippen LogP contribution is 2.28. The normalized spacial score (nSPS) is 19.1. The van der Waals surface area contributed by atoms with Gasteiger partial charge >= 0.3 is 0 Å². The third-order valence-electron chi connectivity index (χ3n) is 4.71. The fraction of sp³-hybridized carbons (Fsp3) is 0.381. The van der Waals surface area contributed by atoms with Crippen molar-refractivity contribution in [2.24, 2.45) is 0 Å². The van der Waals surface area contributed by atoms with Crippen molar-refractivity contribution < 1.29 is 14.6 Å². The standard InChI is InChI=1S/C21H25NO3/c1-2-25-19-9-7-16(8-10-19)13-20(23)22-15-21(24)12-11-17-5-3-4-6-18(17)14-21/h3-10,24H,2,11-15H2,1H3,(H,22,23)/t21-/m0/s1. The van der Waals surface area contributed by atoms with Crippen molar-refractivity contribution in [3.8, 4) is 5.75 Å². The summed E-state index contributed by atoms with van der Waals surface area (Å²) in [4.78, 5) is 12.2. The van der Waals surface area contributed by atoms with Gasteiger partial charge in [-0.2, -0.15) is 0 Å². The lowest BCUT2D eigenvalue weighted by atomic mass is 9.80. The summed E-state index contributed by atoms with van der Waals surface area (Å²) in [6, 6.07) is 15.7. The molecule has 4 nitrogen and oxygen atoms in total. The largest absolute Gasteiger partial charge is 0.494 e. The first-order valence-electron chi connectivity index (χ1n) is 8.85. The van der Waals surface area contributed by atoms with Crippen LogP contribution in [0.25, 0.3) is 0 Å². The van der Waals surface area contributed by atoms with Gasteiger partial charge in [0.25, 0.3) is 0 Å². The molecule has 1 aliphatic rings. The molecule has 0 saturated heterocycles. The highest BCUT2D eigenvalue weighted by atomic mass is 16.5. The summed E-state index contributed by atoms with van der Waals surface area (Å²) in [5.41, 5.74) is 2.55. The van der Waals surface area contributed by atoms with Gasteiger partial charge in [-0.05, 0) is 48.6 Å². The molecule has 0 heterocycles. The van der Waals surface area contributed by atoms with Gasteiger partial charge in [0.15, 0.2) is 0 Å². The molecule has 0 spiro atoms. The quantitative estimate of drug-likeness (QED) is 0.851. The van der Waals surface area contributed by atoms with Gasteiger partial charge in [0.1, 0.15) is 5.75 Å². The number of fused-ring (bicyclic) bond motifs is 1. The van der Waals surface area contributed by atoms with E-state index in [0.717, 1.165) is 17.7 Å². The van der Waals surface area contributed by atoms with Gasteiger partial charge in [-0.25, -0.2) is 0 Å². The summed E-state index contributed by atoms with van der Waals surface area (Å²) < 4.78 is 5.40. The number of ether oxygens (including phenoxy) is 1. The van der Waals surface area contributed by atoms with Crippen LogP contribution in [0, 0.1) is 0 Å². The monoisotopic (exact) mass is 339 g/mol. The second-order valence-electron chi connectivity index (χ2n) is 6.70. The lowest BCUT2D eigenvalue weighted by molar-refractivity contribution is -0.121. The molecule has 1 atom stereocenters. The highest BCUT2D eigenvalue weighted by molar-refractivity contribution is 5.78. The summed E-state index contributed by atoms with van der Waals surface area (Å²) in [7, 11) is 0. The minimum Gasteiger partial charge on any atom is -0.494 e. The van der Waals surface area contributed by atoms with Crippen molar-refractivity contribution in [3.05, 3.63) is 65.2 Å². The lowest BCUT2D eigenvalue weighted by Crippen LogP contribution is -2.47. The van der Waals surface area contributed by atoms with E-state index in [1.165, 1.54) is 11.1 Å². The minimum absolute atomic E-state index is 0.0727. The maximum Gasteiger partial charge on any atom is 0.224 e. The van der Waals surface area contributed by atoms with E-state index < -0.39 is 5.60 Å². The van der Waals surface area contributed by atoms with Crippen LogP contribution in [0.4, 0.5) is 0 Å². The van der Waals surface area contributed by atoms with Crippen LogP contribution < -0.4 is 10.1 Å². The Balaban J connectivity index is 1.52. The Labute approximate surface area is 148 Å². The molecular formula is C21H25NO3. The second-order valence-corrected chi connectivity index (χ2v) is 6.70. The number of nitrogens with one attached hydrogen (secondary N) is 1. The maximum absolute atomic E-state index is 12.2.